The van der Waals surface area contributed by atoms with Gasteiger partial charge in [0.05, 0.1) is 0 Å². The average molecular weight is 291 g/mol. The van der Waals surface area contributed by atoms with E-state index in [4.69, 9.17) is 0 Å². The summed E-state index contributed by atoms with van der Waals surface area (Å²) in [4.78, 5) is 23.5. The molecule has 0 aromatic heterocycles. The summed E-state index contributed by atoms with van der Waals surface area (Å²) in [7, 11) is 0. The van der Waals surface area contributed by atoms with Crippen molar-refractivity contribution >= 4 is 17.5 Å². The van der Waals surface area contributed by atoms with Gasteiger partial charge in [-0.05, 0) is 37.7 Å². The molecule has 21 heavy (non-hydrogen) atoms. The van der Waals surface area contributed by atoms with Crippen LogP contribution in [0.15, 0.2) is 24.3 Å². The maximum absolute atomic E-state index is 12.0. The van der Waals surface area contributed by atoms with Crippen LogP contribution < -0.4 is 16.0 Å². The van der Waals surface area contributed by atoms with Gasteiger partial charge in [-0.1, -0.05) is 20.8 Å². The highest BCUT2D eigenvalue weighted by atomic mass is 16.2. The first kappa shape index (κ1) is 17.2. The first-order chi connectivity index (χ1) is 9.93. The van der Waals surface area contributed by atoms with Crippen molar-refractivity contribution < 1.29 is 9.59 Å². The van der Waals surface area contributed by atoms with E-state index < -0.39 is 0 Å². The number of anilines is 1. The van der Waals surface area contributed by atoms with Crippen LogP contribution in [0.4, 0.5) is 5.69 Å². The van der Waals surface area contributed by atoms with Crippen LogP contribution in [-0.2, 0) is 4.79 Å². The molecule has 0 fully saturated rings. The van der Waals surface area contributed by atoms with Crippen LogP contribution in [0.3, 0.4) is 0 Å². The summed E-state index contributed by atoms with van der Waals surface area (Å²) in [5.74, 6) is -0.214. The van der Waals surface area contributed by atoms with Crippen molar-refractivity contribution in [2.45, 2.75) is 33.7 Å². The average Bonchev–Trinajstić information content (AvgIpc) is 2.45. The number of amides is 2. The smallest absolute Gasteiger partial charge is 0.251 e. The van der Waals surface area contributed by atoms with Gasteiger partial charge in [-0.15, -0.1) is 0 Å². The van der Waals surface area contributed by atoms with Gasteiger partial charge in [0.25, 0.3) is 5.91 Å². The van der Waals surface area contributed by atoms with Crippen molar-refractivity contribution in [3.8, 4) is 0 Å². The van der Waals surface area contributed by atoms with Crippen LogP contribution in [0.5, 0.6) is 0 Å². The third kappa shape index (κ3) is 5.95. The van der Waals surface area contributed by atoms with E-state index in [0.29, 0.717) is 17.8 Å². The minimum Gasteiger partial charge on any atom is -0.350 e. The Kier molecular flexibility index (Phi) is 6.88. The van der Waals surface area contributed by atoms with Gasteiger partial charge in [0.2, 0.25) is 5.91 Å². The van der Waals surface area contributed by atoms with E-state index in [1.54, 1.807) is 24.3 Å². The molecule has 5 heteroatoms. The van der Waals surface area contributed by atoms with Crippen molar-refractivity contribution in [3.63, 3.8) is 0 Å². The summed E-state index contributed by atoms with van der Waals surface area (Å²) in [6.07, 6.45) is 0. The Hall–Kier alpha value is -1.88. The van der Waals surface area contributed by atoms with E-state index in [2.05, 4.69) is 16.0 Å². The molecule has 0 saturated carbocycles. The zero-order valence-corrected chi connectivity index (χ0v) is 13.2. The van der Waals surface area contributed by atoms with E-state index in [-0.39, 0.29) is 23.8 Å². The standard InChI is InChI=1S/C16H25N3O2/c1-5-17-12(4)10-18-16(21)13-6-8-14(9-7-13)19-15(20)11(2)3/h6-9,11-12,17H,5,10H2,1-4H3,(H,18,21)(H,19,20)/t12-/m1/s1. The molecule has 0 spiro atoms. The molecule has 0 saturated heterocycles. The molecular formula is C16H25N3O2. The van der Waals surface area contributed by atoms with Crippen LogP contribution in [-0.4, -0.2) is 30.9 Å². The maximum atomic E-state index is 12.0. The Morgan fingerprint density at radius 2 is 1.71 bits per heavy atom. The van der Waals surface area contributed by atoms with Gasteiger partial charge in [0.15, 0.2) is 0 Å². The van der Waals surface area contributed by atoms with E-state index in [1.165, 1.54) is 0 Å². The third-order valence-corrected chi connectivity index (χ3v) is 3.06. The van der Waals surface area contributed by atoms with Gasteiger partial charge in [-0.2, -0.15) is 0 Å². The first-order valence-electron chi connectivity index (χ1n) is 7.36. The predicted octanol–water partition coefficient (Wildman–Crippen LogP) is 2.01. The van der Waals surface area contributed by atoms with Crippen molar-refractivity contribution in [2.24, 2.45) is 5.92 Å². The van der Waals surface area contributed by atoms with Crippen LogP contribution in [0.1, 0.15) is 38.1 Å². The Labute approximate surface area is 126 Å². The number of rotatable bonds is 7. The number of nitrogens with one attached hydrogen (secondary N) is 3. The highest BCUT2D eigenvalue weighted by Gasteiger charge is 2.09. The minimum atomic E-state index is -0.110. The molecule has 1 atom stereocenters. The summed E-state index contributed by atoms with van der Waals surface area (Å²) >= 11 is 0. The van der Waals surface area contributed by atoms with Crippen molar-refractivity contribution in [1.82, 2.24) is 10.6 Å². The van der Waals surface area contributed by atoms with Crippen molar-refractivity contribution in [2.75, 3.05) is 18.4 Å². The number of hydrogen-bond acceptors (Lipinski definition) is 3. The quantitative estimate of drug-likeness (QED) is 0.719. The van der Waals surface area contributed by atoms with E-state index in [0.717, 1.165) is 6.54 Å². The summed E-state index contributed by atoms with van der Waals surface area (Å²) in [6, 6.07) is 7.14. The lowest BCUT2D eigenvalue weighted by Gasteiger charge is -2.13. The second-order valence-electron chi connectivity index (χ2n) is 5.39. The molecule has 0 bridgehead atoms. The molecule has 0 unspecified atom stereocenters. The molecular weight excluding hydrogens is 266 g/mol. The number of likely N-dealkylation sites (N-methyl/N-ethyl adjacent to an activating group) is 1. The molecule has 0 aliphatic carbocycles. The summed E-state index contributed by atoms with van der Waals surface area (Å²) < 4.78 is 0. The monoisotopic (exact) mass is 291 g/mol. The van der Waals surface area contributed by atoms with Gasteiger partial charge in [-0.25, -0.2) is 0 Å². The van der Waals surface area contributed by atoms with Gasteiger partial charge in [-0.3, -0.25) is 9.59 Å². The Morgan fingerprint density at radius 1 is 1.10 bits per heavy atom. The molecule has 0 aliphatic rings. The predicted molar refractivity (Wildman–Crippen MR) is 85.4 cm³/mol. The highest BCUT2D eigenvalue weighted by Crippen LogP contribution is 2.11. The molecule has 1 aromatic carbocycles. The van der Waals surface area contributed by atoms with Gasteiger partial charge in [0, 0.05) is 29.8 Å². The Morgan fingerprint density at radius 3 is 2.24 bits per heavy atom. The fourth-order valence-electron chi connectivity index (χ4n) is 1.76. The second-order valence-corrected chi connectivity index (χ2v) is 5.39. The lowest BCUT2D eigenvalue weighted by molar-refractivity contribution is -0.118. The van der Waals surface area contributed by atoms with Crippen LogP contribution in [0.2, 0.25) is 0 Å². The lowest BCUT2D eigenvalue weighted by Crippen LogP contribution is -2.38. The largest absolute Gasteiger partial charge is 0.350 e. The molecule has 0 radical (unpaired) electrons. The zero-order valence-electron chi connectivity index (χ0n) is 13.2. The van der Waals surface area contributed by atoms with Crippen LogP contribution >= 0.6 is 0 Å². The van der Waals surface area contributed by atoms with E-state index in [1.807, 2.05) is 27.7 Å². The van der Waals surface area contributed by atoms with E-state index in [9.17, 15) is 9.59 Å². The minimum absolute atomic E-state index is 0.0355. The molecule has 1 aromatic rings. The van der Waals surface area contributed by atoms with Gasteiger partial charge < -0.3 is 16.0 Å². The number of carbonyl (C=O) groups excluding carboxylic acids is 2. The topological polar surface area (TPSA) is 70.2 Å². The molecule has 116 valence electrons. The van der Waals surface area contributed by atoms with Crippen LogP contribution in [0.25, 0.3) is 0 Å². The van der Waals surface area contributed by atoms with E-state index >= 15 is 0 Å². The summed E-state index contributed by atoms with van der Waals surface area (Å²) in [6.45, 7) is 9.18. The lowest BCUT2D eigenvalue weighted by atomic mass is 10.1. The van der Waals surface area contributed by atoms with Crippen molar-refractivity contribution in [1.29, 1.82) is 0 Å². The Balaban J connectivity index is 2.53. The molecule has 2 amide bonds. The Bertz CT molecular complexity index is 469. The van der Waals surface area contributed by atoms with Crippen LogP contribution in [0, 0.1) is 5.92 Å². The molecule has 1 rings (SSSR count). The summed E-state index contributed by atoms with van der Waals surface area (Å²) in [5.41, 5.74) is 1.28. The van der Waals surface area contributed by atoms with Gasteiger partial charge in [0.1, 0.15) is 0 Å². The molecule has 3 N–H and O–H groups in total. The molecule has 0 heterocycles. The third-order valence-electron chi connectivity index (χ3n) is 3.06. The SMILES string of the molecule is CCN[C@H](C)CNC(=O)c1ccc(NC(=O)C(C)C)cc1. The maximum Gasteiger partial charge on any atom is 0.251 e. The highest BCUT2D eigenvalue weighted by molar-refractivity contribution is 5.96. The van der Waals surface area contributed by atoms with Crippen molar-refractivity contribution in [3.05, 3.63) is 29.8 Å². The first-order valence-corrected chi connectivity index (χ1v) is 7.36. The fourth-order valence-corrected chi connectivity index (χ4v) is 1.76. The van der Waals surface area contributed by atoms with Gasteiger partial charge >= 0.3 is 0 Å². The summed E-state index contributed by atoms with van der Waals surface area (Å²) in [5, 5.41) is 8.90. The zero-order chi connectivity index (χ0) is 15.8. The molecule has 0 aliphatic heterocycles. The number of hydrogen-bond donors (Lipinski definition) is 3. The second kappa shape index (κ2) is 8.42. The number of benzene rings is 1. The number of carbonyl (C=O) groups is 2. The fraction of sp³-hybridized carbons (Fsp3) is 0.500. The molecule has 5 nitrogen and oxygen atoms in total. The normalized spacial score (nSPS) is 12.0.